The lowest BCUT2D eigenvalue weighted by Gasteiger charge is -2.36. The molecule has 4 fully saturated rings. The summed E-state index contributed by atoms with van der Waals surface area (Å²) in [6.07, 6.45) is 11.2. The Bertz CT molecular complexity index is 2620. The number of carboxylic acid groups (broad SMARTS) is 1. The molecule has 2 aromatic rings. The molecule has 3 N–H and O–H groups in total. The summed E-state index contributed by atoms with van der Waals surface area (Å²) in [5.41, 5.74) is -2.74. The van der Waals surface area contributed by atoms with Crippen LogP contribution in [0.1, 0.15) is 173 Å². The molecule has 472 valence electrons. The molecule has 6 rings (SSSR count). The van der Waals surface area contributed by atoms with Crippen LogP contribution in [0.15, 0.2) is 49.3 Å². The van der Waals surface area contributed by atoms with E-state index in [4.69, 9.17) is 46.9 Å². The van der Waals surface area contributed by atoms with Gasteiger partial charge < -0.3 is 49.2 Å². The van der Waals surface area contributed by atoms with Gasteiger partial charge >= 0.3 is 24.1 Å². The number of carbonyl (C=O) groups excluding carboxylic acids is 7. The predicted molar refractivity (Wildman–Crippen MR) is 321 cm³/mol. The molecule has 0 aromatic carbocycles. The molecule has 4 heterocycles. The van der Waals surface area contributed by atoms with Crippen molar-refractivity contribution in [2.45, 2.75) is 221 Å². The highest BCUT2D eigenvalue weighted by Gasteiger charge is 2.49. The quantitative estimate of drug-likeness (QED) is 0.0632. The highest BCUT2D eigenvalue weighted by molar-refractivity contribution is 6.30. The van der Waals surface area contributed by atoms with Crippen molar-refractivity contribution >= 4 is 70.7 Å². The van der Waals surface area contributed by atoms with Crippen molar-refractivity contribution < 1.29 is 67.1 Å². The number of carboxylic acids is 1. The van der Waals surface area contributed by atoms with Crippen molar-refractivity contribution in [3.8, 4) is 11.8 Å². The Hall–Kier alpha value is -6.02. The molecule has 20 nitrogen and oxygen atoms in total. The zero-order valence-electron chi connectivity index (χ0n) is 51.8. The number of alkyl carbamates (subject to hydrolysis) is 2. The SMILES string of the molecule is C=CCOC(=O)[C@@H]1C[C@@H](Oc2ccc(Cl)cn2)CN1C(=O)[C@@H](CC(=O)[C@@H](NC(=O)OC(C)(C)C)C1CCCCC1)C(C)(C)C.CC(C)(C)OC(=O)N[C@H](C(=O)C[C@H](C(=O)N1C[C@H](Oc2ccc(Cl)cn2)C[C@H]1C(=O)O)C(C)(C)C)C1CCCCC1. The van der Waals surface area contributed by atoms with E-state index >= 15 is 0 Å². The van der Waals surface area contributed by atoms with Crippen LogP contribution in [-0.4, -0.2) is 140 Å². The first kappa shape index (κ1) is 69.7. The minimum Gasteiger partial charge on any atom is -0.480 e. The van der Waals surface area contributed by atoms with Gasteiger partial charge in [0.15, 0.2) is 11.6 Å². The molecule has 4 amide bonds. The number of hydrogen-bond acceptors (Lipinski definition) is 15. The molecule has 0 spiro atoms. The molecule has 2 aliphatic carbocycles. The molecule has 0 bridgehead atoms. The van der Waals surface area contributed by atoms with Gasteiger partial charge in [-0.3, -0.25) is 19.2 Å². The van der Waals surface area contributed by atoms with Crippen LogP contribution in [0.3, 0.4) is 0 Å². The molecule has 2 aromatic heterocycles. The number of carbonyl (C=O) groups is 8. The number of esters is 1. The van der Waals surface area contributed by atoms with E-state index in [9.17, 15) is 43.5 Å². The van der Waals surface area contributed by atoms with Gasteiger partial charge in [0.1, 0.15) is 42.1 Å². The van der Waals surface area contributed by atoms with Gasteiger partial charge in [0, 0.05) is 62.0 Å². The van der Waals surface area contributed by atoms with Crippen molar-refractivity contribution in [3.05, 3.63) is 59.4 Å². The minimum absolute atomic E-state index is 0.00220. The normalized spacial score (nSPS) is 21.2. The Morgan fingerprint density at radius 3 is 1.32 bits per heavy atom. The number of nitrogens with zero attached hydrogens (tertiary/aromatic N) is 4. The van der Waals surface area contributed by atoms with Gasteiger partial charge in [0.05, 0.1) is 35.2 Å². The number of rotatable bonds is 20. The summed E-state index contributed by atoms with van der Waals surface area (Å²) >= 11 is 11.9. The number of aliphatic carboxylic acids is 1. The van der Waals surface area contributed by atoms with Crippen LogP contribution in [0.5, 0.6) is 11.8 Å². The lowest BCUT2D eigenvalue weighted by Crippen LogP contribution is -2.51. The number of amides is 4. The second kappa shape index (κ2) is 30.6. The van der Waals surface area contributed by atoms with E-state index in [1.807, 2.05) is 41.5 Å². The Balaban J connectivity index is 0.000000311. The van der Waals surface area contributed by atoms with Crippen LogP contribution in [0.2, 0.25) is 10.0 Å². The maximum Gasteiger partial charge on any atom is 0.408 e. The van der Waals surface area contributed by atoms with Gasteiger partial charge in [-0.25, -0.2) is 29.1 Å². The second-order valence-corrected chi connectivity index (χ2v) is 27.9. The van der Waals surface area contributed by atoms with Crippen molar-refractivity contribution in [3.63, 3.8) is 0 Å². The van der Waals surface area contributed by atoms with Crippen LogP contribution in [0, 0.1) is 34.5 Å². The summed E-state index contributed by atoms with van der Waals surface area (Å²) in [6, 6.07) is 2.89. The maximum atomic E-state index is 14.3. The molecule has 85 heavy (non-hydrogen) atoms. The zero-order valence-corrected chi connectivity index (χ0v) is 53.4. The third-order valence-electron chi connectivity index (χ3n) is 15.7. The minimum atomic E-state index is -1.14. The zero-order chi connectivity index (χ0) is 63.2. The largest absolute Gasteiger partial charge is 0.480 e. The number of aromatic nitrogens is 2. The van der Waals surface area contributed by atoms with Gasteiger partial charge in [-0.05, 0) is 102 Å². The Morgan fingerprint density at radius 1 is 0.612 bits per heavy atom. The average Bonchev–Trinajstić information content (AvgIpc) is 3.40. The van der Waals surface area contributed by atoms with Crippen LogP contribution in [0.4, 0.5) is 9.59 Å². The van der Waals surface area contributed by atoms with Crippen LogP contribution in [0.25, 0.3) is 0 Å². The number of Topliss-reactive ketones (excluding diaryl/α,β-unsaturated/α-hetero) is 2. The third kappa shape index (κ3) is 21.7. The number of hydrogen-bond donors (Lipinski definition) is 3. The molecule has 4 aliphatic rings. The molecule has 22 heteroatoms. The van der Waals surface area contributed by atoms with Gasteiger partial charge in [-0.2, -0.15) is 0 Å². The summed E-state index contributed by atoms with van der Waals surface area (Å²) in [4.78, 5) is 118. The third-order valence-corrected chi connectivity index (χ3v) is 16.2. The first-order chi connectivity index (χ1) is 39.6. The predicted octanol–water partition coefficient (Wildman–Crippen LogP) is 11.2. The Labute approximate surface area is 511 Å². The van der Waals surface area contributed by atoms with Gasteiger partial charge in [-0.15, -0.1) is 0 Å². The number of ether oxygens (including phenoxy) is 5. The monoisotopic (exact) mass is 1230 g/mol. The summed E-state index contributed by atoms with van der Waals surface area (Å²) in [5.74, 6) is -4.03. The lowest BCUT2D eigenvalue weighted by atomic mass is 9.74. The van der Waals surface area contributed by atoms with E-state index in [1.165, 1.54) is 28.3 Å². The summed E-state index contributed by atoms with van der Waals surface area (Å²) in [6.45, 7) is 25.6. The van der Waals surface area contributed by atoms with Crippen LogP contribution in [-0.2, 0) is 43.0 Å². The molecule has 2 saturated carbocycles. The summed E-state index contributed by atoms with van der Waals surface area (Å²) in [5, 5.41) is 16.5. The Kier molecular flexibility index (Phi) is 25.1. The molecule has 0 unspecified atom stereocenters. The molecule has 2 aliphatic heterocycles. The van der Waals surface area contributed by atoms with Gasteiger partial charge in [-0.1, -0.05) is 116 Å². The Morgan fingerprint density at radius 2 is 0.988 bits per heavy atom. The number of likely N-dealkylation sites (tertiary alicyclic amines) is 2. The average molecular weight is 1230 g/mol. The number of pyridine rings is 2. The summed E-state index contributed by atoms with van der Waals surface area (Å²) in [7, 11) is 0. The van der Waals surface area contributed by atoms with Crippen molar-refractivity contribution in [1.82, 2.24) is 30.4 Å². The van der Waals surface area contributed by atoms with E-state index in [-0.39, 0.29) is 80.6 Å². The van der Waals surface area contributed by atoms with E-state index in [0.29, 0.717) is 15.9 Å². The van der Waals surface area contributed by atoms with E-state index < -0.39 is 100 Å². The molecule has 2 saturated heterocycles. The fourth-order valence-corrected chi connectivity index (χ4v) is 11.7. The first-order valence-corrected chi connectivity index (χ1v) is 30.6. The van der Waals surface area contributed by atoms with Gasteiger partial charge in [0.2, 0.25) is 23.6 Å². The lowest BCUT2D eigenvalue weighted by molar-refractivity contribution is -0.155. The standard InChI is InChI=1S/C33H48ClN3O7.C30H44ClN3O7/c1-8-16-42-30(40)25-17-23(43-27-15-14-22(34)19-35-27)20-37(25)29(39)24(32(2,3)4)18-26(38)28(21-12-10-9-11-13-21)36-31(41)44-33(5,6)7;1-29(2,3)21(15-23(35)25(18-10-8-7-9-11-18)33-28(39)41-30(4,5)6)26(36)34-17-20(14-22(34)27(37)38)40-24-13-12-19(31)16-32-24/h8,14-15,19,21,23-25,28H,1,9-13,16-18,20H2,2-7H3,(H,36,41);12-13,16,18,20-22,25H,7-11,14-15,17H2,1-6H3,(H,33,39)(H,37,38)/t23-,24-,25+,28+;20-,21-,22+,25+/m11/s1. The maximum absolute atomic E-state index is 14.3. The number of ketones is 2. The van der Waals surface area contributed by atoms with E-state index in [2.05, 4.69) is 27.2 Å². The molecule has 8 atom stereocenters. The molecule has 0 radical (unpaired) electrons. The summed E-state index contributed by atoms with van der Waals surface area (Å²) < 4.78 is 28.2. The second-order valence-electron chi connectivity index (χ2n) is 27.1. The van der Waals surface area contributed by atoms with E-state index in [0.717, 1.165) is 64.2 Å². The highest BCUT2D eigenvalue weighted by Crippen LogP contribution is 2.39. The number of halogens is 2. The molecular weight excluding hydrogens is 1140 g/mol. The fourth-order valence-electron chi connectivity index (χ4n) is 11.5. The van der Waals surface area contributed by atoms with Crippen LogP contribution >= 0.6 is 23.2 Å². The fraction of sp³-hybridized carbons (Fsp3) is 0.683. The van der Waals surface area contributed by atoms with Gasteiger partial charge in [0.25, 0.3) is 0 Å². The number of nitrogens with one attached hydrogen (secondary N) is 2. The van der Waals surface area contributed by atoms with Crippen LogP contribution < -0.4 is 20.1 Å². The first-order valence-electron chi connectivity index (χ1n) is 29.9. The highest BCUT2D eigenvalue weighted by atomic mass is 35.5. The molecular formula is C63H92Cl2N6O14. The van der Waals surface area contributed by atoms with Crippen molar-refractivity contribution in [2.24, 2.45) is 34.5 Å². The van der Waals surface area contributed by atoms with E-state index in [1.54, 1.807) is 65.8 Å². The smallest absolute Gasteiger partial charge is 0.408 e. The van der Waals surface area contributed by atoms with Crippen molar-refractivity contribution in [2.75, 3.05) is 19.7 Å². The topological polar surface area (TPSA) is 259 Å². The van der Waals surface area contributed by atoms with Crippen molar-refractivity contribution in [1.29, 1.82) is 0 Å².